The Balaban J connectivity index is 3.81. The molecule has 16 heavy (non-hydrogen) atoms. The molecule has 0 aromatic heterocycles. The predicted octanol–water partition coefficient (Wildman–Crippen LogP) is 0.0550. The van der Waals surface area contributed by atoms with E-state index in [1.165, 1.54) is 6.47 Å². The van der Waals surface area contributed by atoms with Crippen molar-refractivity contribution >= 4 is 12.4 Å². The van der Waals surface area contributed by atoms with Crippen molar-refractivity contribution < 1.29 is 28.5 Å². The van der Waals surface area contributed by atoms with Gasteiger partial charge in [-0.2, -0.15) is 0 Å². The summed E-state index contributed by atoms with van der Waals surface area (Å²) in [6.45, 7) is 6.18. The smallest absolute Gasteiger partial charge is 0.418 e. The topological polar surface area (TPSA) is 71.1 Å². The van der Waals surface area contributed by atoms with Crippen molar-refractivity contribution in [1.82, 2.24) is 0 Å². The van der Waals surface area contributed by atoms with E-state index in [4.69, 9.17) is 14.2 Å². The predicted molar refractivity (Wildman–Crippen MR) is 54.5 cm³/mol. The highest BCUT2D eigenvalue weighted by Gasteiger charge is 2.21. The maximum absolute atomic E-state index is 11.3. The van der Waals surface area contributed by atoms with Crippen LogP contribution in [0.2, 0.25) is 0 Å². The lowest BCUT2D eigenvalue weighted by Crippen LogP contribution is -2.31. The molecule has 93 valence electrons. The molecule has 0 rings (SSSR count). The Labute approximate surface area is 94.8 Å². The average Bonchev–Trinajstić information content (AvgIpc) is 2.29. The molecule has 1 radical (unpaired) electrons. The van der Waals surface area contributed by atoms with E-state index in [2.05, 4.69) is 4.74 Å². The van der Waals surface area contributed by atoms with Gasteiger partial charge in [-0.3, -0.25) is 0 Å². The molecule has 0 spiro atoms. The monoisotopic (exact) mass is 233 g/mol. The van der Waals surface area contributed by atoms with Crippen molar-refractivity contribution in [2.45, 2.75) is 20.0 Å². The SMILES string of the molecule is CCOCCOC(=O)C(COCC)O[C]=O. The van der Waals surface area contributed by atoms with Gasteiger partial charge in [0, 0.05) is 13.2 Å². The summed E-state index contributed by atoms with van der Waals surface area (Å²) in [6, 6.07) is 0. The fraction of sp³-hybridized carbons (Fsp3) is 0.800. The average molecular weight is 233 g/mol. The summed E-state index contributed by atoms with van der Waals surface area (Å²) in [5.74, 6) is -0.656. The molecule has 6 nitrogen and oxygen atoms in total. The first-order chi connectivity index (χ1) is 7.76. The summed E-state index contributed by atoms with van der Waals surface area (Å²) >= 11 is 0. The van der Waals surface area contributed by atoms with Gasteiger partial charge in [0.05, 0.1) is 13.2 Å². The van der Waals surface area contributed by atoms with E-state index in [-0.39, 0.29) is 13.2 Å². The van der Waals surface area contributed by atoms with E-state index >= 15 is 0 Å². The van der Waals surface area contributed by atoms with Crippen LogP contribution in [0.3, 0.4) is 0 Å². The molecule has 0 fully saturated rings. The van der Waals surface area contributed by atoms with Gasteiger partial charge in [-0.25, -0.2) is 9.59 Å². The van der Waals surface area contributed by atoms with Gasteiger partial charge in [0.25, 0.3) is 0 Å². The molecule has 0 saturated carbocycles. The molecule has 0 heterocycles. The van der Waals surface area contributed by atoms with Crippen LogP contribution in [0.1, 0.15) is 13.8 Å². The van der Waals surface area contributed by atoms with Gasteiger partial charge >= 0.3 is 12.4 Å². The molecule has 6 heteroatoms. The lowest BCUT2D eigenvalue weighted by molar-refractivity contribution is -0.157. The number of ether oxygens (including phenoxy) is 4. The molecule has 0 amide bonds. The summed E-state index contributed by atoms with van der Waals surface area (Å²) in [5.41, 5.74) is 0. The minimum Gasteiger partial charge on any atom is -0.460 e. The highest BCUT2D eigenvalue weighted by atomic mass is 16.6. The molecular weight excluding hydrogens is 216 g/mol. The van der Waals surface area contributed by atoms with E-state index in [1.54, 1.807) is 6.92 Å². The second kappa shape index (κ2) is 10.4. The Kier molecular flexibility index (Phi) is 9.64. The van der Waals surface area contributed by atoms with E-state index in [0.717, 1.165) is 0 Å². The normalized spacial score (nSPS) is 11.9. The summed E-state index contributed by atoms with van der Waals surface area (Å²) in [6.07, 6.45) is -1.06. The van der Waals surface area contributed by atoms with Crippen LogP contribution in [0.25, 0.3) is 0 Å². The zero-order chi connectivity index (χ0) is 12.2. The van der Waals surface area contributed by atoms with Crippen molar-refractivity contribution in [3.05, 3.63) is 0 Å². The Morgan fingerprint density at radius 1 is 1.19 bits per heavy atom. The highest BCUT2D eigenvalue weighted by Crippen LogP contribution is 1.96. The maximum Gasteiger partial charge on any atom is 0.418 e. The third-order valence-corrected chi connectivity index (χ3v) is 1.60. The van der Waals surface area contributed by atoms with E-state index in [9.17, 15) is 9.59 Å². The summed E-state index contributed by atoms with van der Waals surface area (Å²) < 4.78 is 19.2. The number of esters is 1. The summed E-state index contributed by atoms with van der Waals surface area (Å²) in [5, 5.41) is 0. The van der Waals surface area contributed by atoms with Gasteiger partial charge in [0.2, 0.25) is 6.10 Å². The first-order valence-corrected chi connectivity index (χ1v) is 5.11. The first-order valence-electron chi connectivity index (χ1n) is 5.11. The van der Waals surface area contributed by atoms with E-state index in [1.807, 2.05) is 6.92 Å². The second-order valence-electron chi connectivity index (χ2n) is 2.71. The molecular formula is C10H17O6. The molecule has 0 N–H and O–H groups in total. The van der Waals surface area contributed by atoms with Crippen LogP contribution < -0.4 is 0 Å². The Bertz CT molecular complexity index is 194. The molecule has 0 aromatic carbocycles. The maximum atomic E-state index is 11.3. The number of carbonyl (C=O) groups is 1. The molecule has 0 bridgehead atoms. The molecule has 1 atom stereocenters. The lowest BCUT2D eigenvalue weighted by Gasteiger charge is -2.13. The van der Waals surface area contributed by atoms with Crippen LogP contribution in [-0.2, 0) is 28.5 Å². The van der Waals surface area contributed by atoms with E-state index in [0.29, 0.717) is 19.8 Å². The minimum atomic E-state index is -1.06. The van der Waals surface area contributed by atoms with Crippen LogP contribution in [0, 0.1) is 0 Å². The Morgan fingerprint density at radius 3 is 2.44 bits per heavy atom. The van der Waals surface area contributed by atoms with Gasteiger partial charge in [0.1, 0.15) is 6.61 Å². The number of hydrogen-bond acceptors (Lipinski definition) is 6. The second-order valence-corrected chi connectivity index (χ2v) is 2.71. The van der Waals surface area contributed by atoms with Crippen molar-refractivity contribution in [2.75, 3.05) is 33.0 Å². The molecule has 0 aliphatic heterocycles. The third kappa shape index (κ3) is 7.19. The Morgan fingerprint density at radius 2 is 1.88 bits per heavy atom. The zero-order valence-electron chi connectivity index (χ0n) is 9.56. The first kappa shape index (κ1) is 14.9. The van der Waals surface area contributed by atoms with Crippen molar-refractivity contribution in [1.29, 1.82) is 0 Å². The van der Waals surface area contributed by atoms with Crippen LogP contribution in [0.4, 0.5) is 0 Å². The summed E-state index contributed by atoms with van der Waals surface area (Å²) in [4.78, 5) is 21.4. The highest BCUT2D eigenvalue weighted by molar-refractivity contribution is 5.76. The largest absolute Gasteiger partial charge is 0.460 e. The van der Waals surface area contributed by atoms with Crippen molar-refractivity contribution in [3.8, 4) is 0 Å². The molecule has 1 unspecified atom stereocenters. The van der Waals surface area contributed by atoms with Crippen molar-refractivity contribution in [3.63, 3.8) is 0 Å². The van der Waals surface area contributed by atoms with Gasteiger partial charge in [-0.15, -0.1) is 0 Å². The van der Waals surface area contributed by atoms with Gasteiger partial charge in [0.15, 0.2) is 0 Å². The van der Waals surface area contributed by atoms with Crippen LogP contribution >= 0.6 is 0 Å². The van der Waals surface area contributed by atoms with Crippen molar-refractivity contribution in [2.24, 2.45) is 0 Å². The minimum absolute atomic E-state index is 0.0286. The molecule has 0 aliphatic rings. The number of carbonyl (C=O) groups excluding carboxylic acids is 2. The standard InChI is InChI=1S/C10H17O6/c1-3-13-5-6-15-10(12)9(16-8-11)7-14-4-2/h9H,3-7H2,1-2H3. The van der Waals surface area contributed by atoms with Crippen LogP contribution in [0.5, 0.6) is 0 Å². The molecule has 0 aliphatic carbocycles. The number of hydrogen-bond donors (Lipinski definition) is 0. The third-order valence-electron chi connectivity index (χ3n) is 1.60. The number of rotatable bonds is 10. The quantitative estimate of drug-likeness (QED) is 0.392. The van der Waals surface area contributed by atoms with Gasteiger partial charge in [-0.05, 0) is 13.8 Å². The lowest BCUT2D eigenvalue weighted by atomic mass is 10.4. The zero-order valence-corrected chi connectivity index (χ0v) is 9.56. The fourth-order valence-electron chi connectivity index (χ4n) is 0.872. The molecule has 0 saturated heterocycles. The van der Waals surface area contributed by atoms with Crippen LogP contribution in [-0.4, -0.2) is 51.6 Å². The molecule has 0 aromatic rings. The summed E-state index contributed by atoms with van der Waals surface area (Å²) in [7, 11) is 0. The van der Waals surface area contributed by atoms with Gasteiger partial charge in [-0.1, -0.05) is 0 Å². The van der Waals surface area contributed by atoms with Crippen LogP contribution in [0.15, 0.2) is 0 Å². The van der Waals surface area contributed by atoms with Gasteiger partial charge < -0.3 is 18.9 Å². The Hall–Kier alpha value is -1.14. The van der Waals surface area contributed by atoms with E-state index < -0.39 is 12.1 Å². The fourth-order valence-corrected chi connectivity index (χ4v) is 0.872.